The summed E-state index contributed by atoms with van der Waals surface area (Å²) in [6, 6.07) is 1.68. The SMILES string of the molecule is C=CCCC(=O)C[C@@H](CCCCC(F)F)C(=O)OCC#N. The molecule has 0 amide bonds. The van der Waals surface area contributed by atoms with E-state index >= 15 is 0 Å². The first-order chi connectivity index (χ1) is 10.0. The lowest BCUT2D eigenvalue weighted by Crippen LogP contribution is -2.21. The summed E-state index contributed by atoms with van der Waals surface area (Å²) in [5.74, 6) is -1.36. The summed E-state index contributed by atoms with van der Waals surface area (Å²) in [6.45, 7) is 3.15. The van der Waals surface area contributed by atoms with Crippen LogP contribution in [0.15, 0.2) is 12.7 Å². The number of hydrogen-bond acceptors (Lipinski definition) is 4. The van der Waals surface area contributed by atoms with E-state index in [1.165, 1.54) is 0 Å². The van der Waals surface area contributed by atoms with Crippen molar-refractivity contribution in [3.63, 3.8) is 0 Å². The molecule has 0 aromatic rings. The number of Topliss-reactive ketones (excluding diaryl/α,β-unsaturated/α-hetero) is 1. The Kier molecular flexibility index (Phi) is 11.0. The molecule has 0 bridgehead atoms. The fraction of sp³-hybridized carbons (Fsp3) is 0.667. The standard InChI is InChI=1S/C15H21F2NO3/c1-2-3-7-13(19)11-12(15(20)21-10-9-18)6-4-5-8-14(16)17/h2,12,14H,1,3-8,10-11H2/t12-/m1/s1. The molecule has 4 nitrogen and oxygen atoms in total. The summed E-state index contributed by atoms with van der Waals surface area (Å²) < 4.78 is 28.8. The first-order valence-corrected chi connectivity index (χ1v) is 6.95. The highest BCUT2D eigenvalue weighted by molar-refractivity contribution is 5.84. The van der Waals surface area contributed by atoms with Gasteiger partial charge in [-0.2, -0.15) is 5.26 Å². The van der Waals surface area contributed by atoms with Crippen molar-refractivity contribution in [1.82, 2.24) is 0 Å². The van der Waals surface area contributed by atoms with E-state index in [1.54, 1.807) is 12.1 Å². The molecule has 0 aliphatic rings. The average Bonchev–Trinajstić information content (AvgIpc) is 2.45. The number of ketones is 1. The van der Waals surface area contributed by atoms with Crippen LogP contribution in [0.4, 0.5) is 8.78 Å². The van der Waals surface area contributed by atoms with Gasteiger partial charge in [-0.15, -0.1) is 6.58 Å². The second-order valence-corrected chi connectivity index (χ2v) is 4.71. The fourth-order valence-corrected chi connectivity index (χ4v) is 1.85. The van der Waals surface area contributed by atoms with Crippen LogP contribution in [0.25, 0.3) is 0 Å². The molecule has 21 heavy (non-hydrogen) atoms. The Balaban J connectivity index is 4.32. The molecule has 0 saturated heterocycles. The molecule has 0 unspecified atom stereocenters. The van der Waals surface area contributed by atoms with Gasteiger partial charge in [-0.1, -0.05) is 12.5 Å². The molecule has 6 heteroatoms. The second kappa shape index (κ2) is 12.0. The van der Waals surface area contributed by atoms with Gasteiger partial charge < -0.3 is 4.74 Å². The van der Waals surface area contributed by atoms with Crippen LogP contribution < -0.4 is 0 Å². The van der Waals surface area contributed by atoms with Gasteiger partial charge >= 0.3 is 5.97 Å². The minimum Gasteiger partial charge on any atom is -0.450 e. The molecule has 0 aromatic heterocycles. The van der Waals surface area contributed by atoms with Crippen LogP contribution in [0.1, 0.15) is 44.9 Å². The van der Waals surface area contributed by atoms with Gasteiger partial charge in [0.05, 0.1) is 5.92 Å². The minimum absolute atomic E-state index is 0.0206. The Bertz CT molecular complexity index is 378. The summed E-state index contributed by atoms with van der Waals surface area (Å²) in [7, 11) is 0. The lowest BCUT2D eigenvalue weighted by molar-refractivity contribution is -0.149. The van der Waals surface area contributed by atoms with Gasteiger partial charge in [0.2, 0.25) is 6.43 Å². The number of nitrogens with zero attached hydrogens (tertiary/aromatic N) is 1. The molecule has 0 aliphatic heterocycles. The van der Waals surface area contributed by atoms with Gasteiger partial charge in [-0.05, 0) is 19.3 Å². The lowest BCUT2D eigenvalue weighted by Gasteiger charge is -2.14. The van der Waals surface area contributed by atoms with Crippen LogP contribution in [0.3, 0.4) is 0 Å². The topological polar surface area (TPSA) is 67.2 Å². The van der Waals surface area contributed by atoms with Crippen LogP contribution in [-0.2, 0) is 14.3 Å². The van der Waals surface area contributed by atoms with E-state index in [9.17, 15) is 18.4 Å². The number of nitriles is 1. The Morgan fingerprint density at radius 2 is 1.95 bits per heavy atom. The maximum absolute atomic E-state index is 12.0. The predicted octanol–water partition coefficient (Wildman–Crippen LogP) is 3.42. The second-order valence-electron chi connectivity index (χ2n) is 4.71. The van der Waals surface area contributed by atoms with Crippen molar-refractivity contribution in [2.75, 3.05) is 6.61 Å². The Hall–Kier alpha value is -1.77. The van der Waals surface area contributed by atoms with Crippen molar-refractivity contribution in [3.8, 4) is 6.07 Å². The molecule has 0 spiro atoms. The molecule has 0 fully saturated rings. The molecule has 0 aliphatic carbocycles. The van der Waals surface area contributed by atoms with Crippen LogP contribution in [0.5, 0.6) is 0 Å². The number of hydrogen-bond donors (Lipinski definition) is 0. The first-order valence-electron chi connectivity index (χ1n) is 6.95. The number of halogens is 2. The first kappa shape index (κ1) is 19.2. The van der Waals surface area contributed by atoms with Gasteiger partial charge in [-0.3, -0.25) is 9.59 Å². The molecular weight excluding hydrogens is 280 g/mol. The summed E-state index contributed by atoms with van der Waals surface area (Å²) in [4.78, 5) is 23.4. The molecular formula is C15H21F2NO3. The van der Waals surface area contributed by atoms with Crippen LogP contribution >= 0.6 is 0 Å². The number of carbonyl (C=O) groups excluding carboxylic acids is 2. The molecule has 0 radical (unpaired) electrons. The van der Waals surface area contributed by atoms with E-state index < -0.39 is 18.3 Å². The quantitative estimate of drug-likeness (QED) is 0.315. The number of unbranched alkanes of at least 4 members (excludes halogenated alkanes) is 1. The van der Waals surface area contributed by atoms with Crippen molar-refractivity contribution in [2.45, 2.75) is 51.4 Å². The van der Waals surface area contributed by atoms with Crippen molar-refractivity contribution in [3.05, 3.63) is 12.7 Å². The summed E-state index contributed by atoms with van der Waals surface area (Å²) >= 11 is 0. The maximum atomic E-state index is 12.0. The Labute approximate surface area is 123 Å². The lowest BCUT2D eigenvalue weighted by atomic mass is 9.94. The maximum Gasteiger partial charge on any atom is 0.310 e. The summed E-state index contributed by atoms with van der Waals surface area (Å²) in [5.41, 5.74) is 0. The highest BCUT2D eigenvalue weighted by atomic mass is 19.3. The number of allylic oxidation sites excluding steroid dienone is 1. The van der Waals surface area contributed by atoms with E-state index in [2.05, 4.69) is 6.58 Å². The van der Waals surface area contributed by atoms with E-state index in [4.69, 9.17) is 10.00 Å². The smallest absolute Gasteiger partial charge is 0.310 e. The van der Waals surface area contributed by atoms with Gasteiger partial charge in [0.25, 0.3) is 0 Å². The molecule has 0 rings (SSSR count). The molecule has 0 heterocycles. The summed E-state index contributed by atoms with van der Waals surface area (Å²) in [5, 5.41) is 8.38. The van der Waals surface area contributed by atoms with Crippen molar-refractivity contribution >= 4 is 11.8 Å². The third-order valence-electron chi connectivity index (χ3n) is 2.94. The number of ether oxygens (including phenoxy) is 1. The monoisotopic (exact) mass is 301 g/mol. The van der Waals surface area contributed by atoms with Gasteiger partial charge in [0.15, 0.2) is 6.61 Å². The fourth-order valence-electron chi connectivity index (χ4n) is 1.85. The Morgan fingerprint density at radius 3 is 2.52 bits per heavy atom. The van der Waals surface area contributed by atoms with Crippen LogP contribution in [0, 0.1) is 17.2 Å². The third-order valence-corrected chi connectivity index (χ3v) is 2.94. The highest BCUT2D eigenvalue weighted by Gasteiger charge is 2.22. The van der Waals surface area contributed by atoms with Crippen molar-refractivity contribution < 1.29 is 23.1 Å². The van der Waals surface area contributed by atoms with Crippen molar-refractivity contribution in [1.29, 1.82) is 5.26 Å². The number of carbonyl (C=O) groups is 2. The Morgan fingerprint density at radius 1 is 1.29 bits per heavy atom. The zero-order valence-electron chi connectivity index (χ0n) is 12.0. The normalized spacial score (nSPS) is 11.7. The van der Waals surface area contributed by atoms with E-state index in [0.717, 1.165) is 0 Å². The molecule has 0 aromatic carbocycles. The largest absolute Gasteiger partial charge is 0.450 e. The number of esters is 1. The number of alkyl halides is 2. The molecule has 118 valence electrons. The van der Waals surface area contributed by atoms with Crippen LogP contribution in [0.2, 0.25) is 0 Å². The van der Waals surface area contributed by atoms with Crippen molar-refractivity contribution in [2.24, 2.45) is 5.92 Å². The molecule has 1 atom stereocenters. The van der Waals surface area contributed by atoms with E-state index in [-0.39, 0.29) is 25.2 Å². The predicted molar refractivity (Wildman–Crippen MR) is 73.6 cm³/mol. The van der Waals surface area contributed by atoms with Crippen LogP contribution in [-0.4, -0.2) is 24.8 Å². The average molecular weight is 301 g/mol. The molecule has 0 saturated carbocycles. The minimum atomic E-state index is -2.36. The molecule has 0 N–H and O–H groups in total. The number of rotatable bonds is 12. The summed E-state index contributed by atoms with van der Waals surface area (Å²) in [6.07, 6.45) is 0.916. The van der Waals surface area contributed by atoms with E-state index in [1.807, 2.05) is 0 Å². The van der Waals surface area contributed by atoms with Gasteiger partial charge in [-0.25, -0.2) is 8.78 Å². The zero-order chi connectivity index (χ0) is 16.1. The van der Waals surface area contributed by atoms with Gasteiger partial charge in [0, 0.05) is 19.3 Å². The zero-order valence-corrected chi connectivity index (χ0v) is 12.0. The van der Waals surface area contributed by atoms with Gasteiger partial charge in [0.1, 0.15) is 11.9 Å². The third kappa shape index (κ3) is 10.7. The highest BCUT2D eigenvalue weighted by Crippen LogP contribution is 2.18. The van der Waals surface area contributed by atoms with E-state index in [0.29, 0.717) is 32.1 Å².